The molecule has 1 aromatic carbocycles. The fourth-order valence-corrected chi connectivity index (χ4v) is 2.07. The summed E-state index contributed by atoms with van der Waals surface area (Å²) in [6.45, 7) is 8.42. The Kier molecular flexibility index (Phi) is 7.23. The van der Waals surface area contributed by atoms with Crippen LogP contribution in [-0.2, 0) is 9.53 Å². The number of carbonyl (C=O) groups excluding carboxylic acids is 1. The summed E-state index contributed by atoms with van der Waals surface area (Å²) in [5.41, 5.74) is 0.410. The topological polar surface area (TPSA) is 75.6 Å². The first-order chi connectivity index (χ1) is 10.8. The summed E-state index contributed by atoms with van der Waals surface area (Å²) in [5, 5.41) is 11.4. The van der Waals surface area contributed by atoms with Crippen molar-refractivity contribution in [1.82, 2.24) is 0 Å². The molecule has 0 saturated carbocycles. The molecule has 1 unspecified atom stereocenters. The predicted molar refractivity (Wildman–Crippen MR) is 91.0 cm³/mol. The number of benzene rings is 1. The van der Waals surface area contributed by atoms with Gasteiger partial charge in [0.15, 0.2) is 5.78 Å². The first kappa shape index (κ1) is 19.2. The van der Waals surface area contributed by atoms with Crippen LogP contribution in [0.3, 0.4) is 0 Å². The van der Waals surface area contributed by atoms with Crippen LogP contribution in [0.25, 0.3) is 0 Å². The molecular weight excluding hydrogens is 294 g/mol. The highest BCUT2D eigenvalue weighted by molar-refractivity contribution is 6.02. The lowest BCUT2D eigenvalue weighted by molar-refractivity contribution is -0.134. The van der Waals surface area contributed by atoms with Gasteiger partial charge in [0.05, 0.1) is 0 Å². The summed E-state index contributed by atoms with van der Waals surface area (Å²) >= 11 is 0. The van der Waals surface area contributed by atoms with Crippen LogP contribution in [0.5, 0.6) is 0 Å². The summed E-state index contributed by atoms with van der Waals surface area (Å²) in [7, 11) is 0. The molecular formula is C18H27NO4. The van der Waals surface area contributed by atoms with Crippen LogP contribution in [0.4, 0.5) is 5.69 Å². The van der Waals surface area contributed by atoms with Crippen LogP contribution in [0.1, 0.15) is 50.9 Å². The van der Waals surface area contributed by atoms with Gasteiger partial charge in [-0.15, -0.1) is 0 Å². The molecule has 1 aromatic rings. The summed E-state index contributed by atoms with van der Waals surface area (Å²) in [6, 6.07) is 6.82. The number of carboxylic acid groups (broad SMARTS) is 1. The van der Waals surface area contributed by atoms with Gasteiger partial charge < -0.3 is 15.2 Å². The smallest absolute Gasteiger partial charge is 0.322 e. The van der Waals surface area contributed by atoms with Crippen molar-refractivity contribution in [2.75, 3.05) is 18.5 Å². The maximum Gasteiger partial charge on any atom is 0.322 e. The minimum absolute atomic E-state index is 0.0476. The fraction of sp³-hybridized carbons (Fsp3) is 0.556. The summed E-state index contributed by atoms with van der Waals surface area (Å²) < 4.78 is 5.87. The van der Waals surface area contributed by atoms with Gasteiger partial charge in [0, 0.05) is 17.9 Å². The number of aliphatic carboxylic acids is 1. The van der Waals surface area contributed by atoms with Crippen LogP contribution in [0.2, 0.25) is 0 Å². The SMILES string of the molecule is CCC(C)(OCCC(C)C)C(=O)c1ccc(NCC(=O)O)cc1. The molecule has 128 valence electrons. The molecule has 0 spiro atoms. The lowest BCUT2D eigenvalue weighted by atomic mass is 9.91. The molecule has 0 heterocycles. The standard InChI is InChI=1S/C18H27NO4/c1-5-18(4,23-11-10-13(2)3)17(22)14-6-8-15(9-7-14)19-12-16(20)21/h6-9,13,19H,5,10-12H2,1-4H3,(H,20,21). The number of Topliss-reactive ketones (excluding diaryl/α,β-unsaturated/α-hetero) is 1. The van der Waals surface area contributed by atoms with E-state index in [4.69, 9.17) is 9.84 Å². The van der Waals surface area contributed by atoms with Gasteiger partial charge in [-0.2, -0.15) is 0 Å². The fourth-order valence-electron chi connectivity index (χ4n) is 2.07. The van der Waals surface area contributed by atoms with Crippen molar-refractivity contribution in [2.24, 2.45) is 5.92 Å². The van der Waals surface area contributed by atoms with E-state index in [1.807, 2.05) is 13.8 Å². The van der Waals surface area contributed by atoms with Crippen molar-refractivity contribution in [3.05, 3.63) is 29.8 Å². The van der Waals surface area contributed by atoms with Crippen molar-refractivity contribution in [3.8, 4) is 0 Å². The molecule has 0 aromatic heterocycles. The van der Waals surface area contributed by atoms with E-state index >= 15 is 0 Å². The molecule has 0 bridgehead atoms. The number of carbonyl (C=O) groups is 2. The molecule has 0 saturated heterocycles. The molecule has 5 nitrogen and oxygen atoms in total. The zero-order valence-electron chi connectivity index (χ0n) is 14.4. The molecule has 5 heteroatoms. The minimum Gasteiger partial charge on any atom is -0.480 e. The number of hydrogen-bond donors (Lipinski definition) is 2. The van der Waals surface area contributed by atoms with Crippen LogP contribution < -0.4 is 5.32 Å². The number of nitrogens with one attached hydrogen (secondary N) is 1. The summed E-state index contributed by atoms with van der Waals surface area (Å²) in [5.74, 6) is -0.443. The number of anilines is 1. The van der Waals surface area contributed by atoms with Gasteiger partial charge in [-0.25, -0.2) is 0 Å². The zero-order valence-corrected chi connectivity index (χ0v) is 14.4. The molecule has 1 atom stereocenters. The van der Waals surface area contributed by atoms with Crippen molar-refractivity contribution in [2.45, 2.75) is 46.1 Å². The Labute approximate surface area is 138 Å². The molecule has 0 aliphatic rings. The highest BCUT2D eigenvalue weighted by Gasteiger charge is 2.32. The van der Waals surface area contributed by atoms with Gasteiger partial charge in [0.2, 0.25) is 0 Å². The monoisotopic (exact) mass is 321 g/mol. The summed E-state index contributed by atoms with van der Waals surface area (Å²) in [6.07, 6.45) is 1.52. The van der Waals surface area contributed by atoms with E-state index in [1.54, 1.807) is 24.3 Å². The van der Waals surface area contributed by atoms with E-state index < -0.39 is 11.6 Å². The first-order valence-corrected chi connectivity index (χ1v) is 8.03. The third-order valence-corrected chi connectivity index (χ3v) is 3.86. The highest BCUT2D eigenvalue weighted by atomic mass is 16.5. The van der Waals surface area contributed by atoms with Crippen LogP contribution in [0, 0.1) is 5.92 Å². The average Bonchev–Trinajstić information content (AvgIpc) is 2.52. The molecule has 0 amide bonds. The van der Waals surface area contributed by atoms with E-state index in [-0.39, 0.29) is 12.3 Å². The van der Waals surface area contributed by atoms with E-state index in [0.717, 1.165) is 6.42 Å². The average molecular weight is 321 g/mol. The normalized spacial score (nSPS) is 13.6. The minimum atomic E-state index is -0.928. The Morgan fingerprint density at radius 3 is 2.35 bits per heavy atom. The first-order valence-electron chi connectivity index (χ1n) is 8.03. The lowest BCUT2D eigenvalue weighted by Gasteiger charge is -2.27. The van der Waals surface area contributed by atoms with Gasteiger partial charge in [-0.1, -0.05) is 20.8 Å². The van der Waals surface area contributed by atoms with E-state index in [9.17, 15) is 9.59 Å². The van der Waals surface area contributed by atoms with Gasteiger partial charge in [0.25, 0.3) is 0 Å². The van der Waals surface area contributed by atoms with Crippen molar-refractivity contribution < 1.29 is 19.4 Å². The maximum absolute atomic E-state index is 12.7. The molecule has 23 heavy (non-hydrogen) atoms. The summed E-state index contributed by atoms with van der Waals surface area (Å²) in [4.78, 5) is 23.2. The second kappa shape index (κ2) is 8.67. The van der Waals surface area contributed by atoms with Gasteiger partial charge in [0.1, 0.15) is 12.1 Å². The second-order valence-electron chi connectivity index (χ2n) is 6.27. The number of carboxylic acids is 1. The Hall–Kier alpha value is -1.88. The Morgan fingerprint density at radius 1 is 1.26 bits per heavy atom. The second-order valence-corrected chi connectivity index (χ2v) is 6.27. The van der Waals surface area contributed by atoms with Gasteiger partial charge >= 0.3 is 5.97 Å². The van der Waals surface area contributed by atoms with E-state index in [0.29, 0.717) is 30.2 Å². The number of ether oxygens (including phenoxy) is 1. The van der Waals surface area contributed by atoms with Crippen molar-refractivity contribution in [3.63, 3.8) is 0 Å². The Balaban J connectivity index is 2.74. The molecule has 0 fully saturated rings. The maximum atomic E-state index is 12.7. The van der Waals surface area contributed by atoms with Gasteiger partial charge in [-0.3, -0.25) is 9.59 Å². The van der Waals surface area contributed by atoms with Crippen LogP contribution >= 0.6 is 0 Å². The third kappa shape index (κ3) is 6.02. The largest absolute Gasteiger partial charge is 0.480 e. The Morgan fingerprint density at radius 2 is 1.87 bits per heavy atom. The number of ketones is 1. The molecule has 0 aliphatic heterocycles. The van der Waals surface area contributed by atoms with Gasteiger partial charge in [-0.05, 0) is 49.9 Å². The van der Waals surface area contributed by atoms with Crippen LogP contribution in [0.15, 0.2) is 24.3 Å². The zero-order chi connectivity index (χ0) is 17.5. The number of hydrogen-bond acceptors (Lipinski definition) is 4. The van der Waals surface area contributed by atoms with E-state index in [1.165, 1.54) is 0 Å². The van der Waals surface area contributed by atoms with Crippen molar-refractivity contribution >= 4 is 17.4 Å². The van der Waals surface area contributed by atoms with E-state index in [2.05, 4.69) is 19.2 Å². The molecule has 0 aliphatic carbocycles. The van der Waals surface area contributed by atoms with Crippen molar-refractivity contribution in [1.29, 1.82) is 0 Å². The molecule has 1 rings (SSSR count). The lowest BCUT2D eigenvalue weighted by Crippen LogP contribution is -2.38. The van der Waals surface area contributed by atoms with Crippen LogP contribution in [-0.4, -0.2) is 35.6 Å². The molecule has 2 N–H and O–H groups in total. The predicted octanol–water partition coefficient (Wildman–Crippen LogP) is 3.60. The number of rotatable bonds is 10. The third-order valence-electron chi connectivity index (χ3n) is 3.86. The Bertz CT molecular complexity index is 524. The molecule has 0 radical (unpaired) electrons. The quantitative estimate of drug-likeness (QED) is 0.644. The highest BCUT2D eigenvalue weighted by Crippen LogP contribution is 2.23.